The molecule has 1 fully saturated rings. The molecule has 0 aromatic heterocycles. The lowest BCUT2D eigenvalue weighted by Crippen LogP contribution is -2.14. The van der Waals surface area contributed by atoms with Crippen molar-refractivity contribution in [2.24, 2.45) is 5.92 Å². The normalized spacial score (nSPS) is 26.5. The van der Waals surface area contributed by atoms with Gasteiger partial charge in [-0.25, -0.2) is 0 Å². The molecular formula is C14H21N. The van der Waals surface area contributed by atoms with Gasteiger partial charge in [0, 0.05) is 5.69 Å². The van der Waals surface area contributed by atoms with Crippen LogP contribution >= 0.6 is 0 Å². The number of nitrogens with two attached hydrogens (primary N) is 1. The Balaban J connectivity index is 2.28. The van der Waals surface area contributed by atoms with Crippen molar-refractivity contribution in [2.75, 3.05) is 5.73 Å². The molecule has 1 nitrogen and oxygen atoms in total. The van der Waals surface area contributed by atoms with E-state index in [9.17, 15) is 0 Å². The SMILES string of the molecule is Cc1cccc(N)c1[C@@H]1CCC[C@H](C)C1. The van der Waals surface area contributed by atoms with E-state index >= 15 is 0 Å². The van der Waals surface area contributed by atoms with Gasteiger partial charge >= 0.3 is 0 Å². The summed E-state index contributed by atoms with van der Waals surface area (Å²) in [4.78, 5) is 0. The van der Waals surface area contributed by atoms with Crippen LogP contribution in [0.25, 0.3) is 0 Å². The summed E-state index contributed by atoms with van der Waals surface area (Å²) in [6.45, 7) is 4.55. The molecule has 2 N–H and O–H groups in total. The first-order chi connectivity index (χ1) is 7.18. The zero-order valence-electron chi connectivity index (χ0n) is 9.79. The molecule has 1 aromatic rings. The molecule has 2 atom stereocenters. The number of nitrogen functional groups attached to an aromatic ring is 1. The minimum absolute atomic E-state index is 0.704. The highest BCUT2D eigenvalue weighted by Crippen LogP contribution is 2.39. The molecule has 0 saturated heterocycles. The van der Waals surface area contributed by atoms with Crippen LogP contribution in [0.4, 0.5) is 5.69 Å². The van der Waals surface area contributed by atoms with Gasteiger partial charge in [-0.05, 0) is 48.8 Å². The Morgan fingerprint density at radius 1 is 1.27 bits per heavy atom. The van der Waals surface area contributed by atoms with E-state index in [-0.39, 0.29) is 0 Å². The monoisotopic (exact) mass is 203 g/mol. The summed E-state index contributed by atoms with van der Waals surface area (Å²) < 4.78 is 0. The van der Waals surface area contributed by atoms with E-state index in [4.69, 9.17) is 5.73 Å². The average molecular weight is 203 g/mol. The molecule has 0 aliphatic heterocycles. The lowest BCUT2D eigenvalue weighted by atomic mass is 9.77. The summed E-state index contributed by atoms with van der Waals surface area (Å²) in [5.74, 6) is 1.57. The van der Waals surface area contributed by atoms with Crippen LogP contribution in [0.5, 0.6) is 0 Å². The van der Waals surface area contributed by atoms with E-state index in [2.05, 4.69) is 26.0 Å². The maximum absolute atomic E-state index is 6.10. The van der Waals surface area contributed by atoms with Crippen LogP contribution in [0.1, 0.15) is 49.7 Å². The molecule has 1 aliphatic carbocycles. The minimum Gasteiger partial charge on any atom is -0.398 e. The van der Waals surface area contributed by atoms with E-state index < -0.39 is 0 Å². The van der Waals surface area contributed by atoms with Crippen LogP contribution < -0.4 is 5.73 Å². The first kappa shape index (κ1) is 10.5. The van der Waals surface area contributed by atoms with Crippen molar-refractivity contribution >= 4 is 5.69 Å². The third-order valence-electron chi connectivity index (χ3n) is 3.70. The largest absolute Gasteiger partial charge is 0.398 e. The zero-order valence-corrected chi connectivity index (χ0v) is 9.79. The summed E-state index contributed by atoms with van der Waals surface area (Å²) in [7, 11) is 0. The summed E-state index contributed by atoms with van der Waals surface area (Å²) in [6.07, 6.45) is 5.39. The van der Waals surface area contributed by atoms with Crippen molar-refractivity contribution < 1.29 is 0 Å². The average Bonchev–Trinajstić information content (AvgIpc) is 2.17. The van der Waals surface area contributed by atoms with Crippen molar-refractivity contribution in [1.82, 2.24) is 0 Å². The molecule has 15 heavy (non-hydrogen) atoms. The van der Waals surface area contributed by atoms with Crippen LogP contribution in [0.3, 0.4) is 0 Å². The van der Waals surface area contributed by atoms with E-state index in [1.54, 1.807) is 0 Å². The predicted molar refractivity (Wildman–Crippen MR) is 66.0 cm³/mol. The van der Waals surface area contributed by atoms with E-state index in [1.807, 2.05) is 6.07 Å². The lowest BCUT2D eigenvalue weighted by molar-refractivity contribution is 0.344. The van der Waals surface area contributed by atoms with Gasteiger partial charge in [0.1, 0.15) is 0 Å². The van der Waals surface area contributed by atoms with Gasteiger partial charge in [0.15, 0.2) is 0 Å². The highest BCUT2D eigenvalue weighted by Gasteiger charge is 2.22. The second kappa shape index (κ2) is 4.26. The fourth-order valence-corrected chi connectivity index (χ4v) is 2.96. The van der Waals surface area contributed by atoms with E-state index in [0.29, 0.717) is 5.92 Å². The number of hydrogen-bond donors (Lipinski definition) is 1. The van der Waals surface area contributed by atoms with Gasteiger partial charge in [0.2, 0.25) is 0 Å². The molecule has 0 amide bonds. The summed E-state index contributed by atoms with van der Waals surface area (Å²) in [5.41, 5.74) is 9.88. The molecule has 0 spiro atoms. The maximum Gasteiger partial charge on any atom is 0.0352 e. The number of anilines is 1. The molecule has 1 aliphatic rings. The van der Waals surface area contributed by atoms with Gasteiger partial charge in [-0.15, -0.1) is 0 Å². The second-order valence-electron chi connectivity index (χ2n) is 5.05. The van der Waals surface area contributed by atoms with Gasteiger partial charge in [-0.3, -0.25) is 0 Å². The Morgan fingerprint density at radius 2 is 2.07 bits per heavy atom. The van der Waals surface area contributed by atoms with Gasteiger partial charge < -0.3 is 5.73 Å². The Morgan fingerprint density at radius 3 is 2.73 bits per heavy atom. The van der Waals surface area contributed by atoms with Gasteiger partial charge in [0.25, 0.3) is 0 Å². The van der Waals surface area contributed by atoms with E-state index in [1.165, 1.54) is 36.8 Å². The van der Waals surface area contributed by atoms with Crippen LogP contribution in [0.2, 0.25) is 0 Å². The first-order valence-electron chi connectivity index (χ1n) is 6.03. The van der Waals surface area contributed by atoms with Crippen molar-refractivity contribution in [2.45, 2.75) is 45.4 Å². The molecule has 1 heteroatoms. The summed E-state index contributed by atoms with van der Waals surface area (Å²) in [5, 5.41) is 0. The number of rotatable bonds is 1. The molecule has 1 aromatic carbocycles. The van der Waals surface area contributed by atoms with Crippen LogP contribution in [0, 0.1) is 12.8 Å². The zero-order chi connectivity index (χ0) is 10.8. The standard InChI is InChI=1S/C14H21N/c1-10-5-3-7-12(9-10)14-11(2)6-4-8-13(14)15/h4,6,8,10,12H,3,5,7,9,15H2,1-2H3/t10-,12+/m0/s1. The third-order valence-corrected chi connectivity index (χ3v) is 3.70. The summed E-state index contributed by atoms with van der Waals surface area (Å²) >= 11 is 0. The second-order valence-corrected chi connectivity index (χ2v) is 5.05. The van der Waals surface area contributed by atoms with Crippen LogP contribution in [-0.4, -0.2) is 0 Å². The van der Waals surface area contributed by atoms with Crippen molar-refractivity contribution in [3.8, 4) is 0 Å². The van der Waals surface area contributed by atoms with Gasteiger partial charge in [-0.2, -0.15) is 0 Å². The fraction of sp³-hybridized carbons (Fsp3) is 0.571. The first-order valence-corrected chi connectivity index (χ1v) is 6.03. The molecule has 0 bridgehead atoms. The molecule has 82 valence electrons. The van der Waals surface area contributed by atoms with Crippen LogP contribution in [-0.2, 0) is 0 Å². The van der Waals surface area contributed by atoms with Gasteiger partial charge in [-0.1, -0.05) is 31.9 Å². The fourth-order valence-electron chi connectivity index (χ4n) is 2.96. The van der Waals surface area contributed by atoms with Crippen molar-refractivity contribution in [1.29, 1.82) is 0 Å². The van der Waals surface area contributed by atoms with Crippen molar-refractivity contribution in [3.05, 3.63) is 29.3 Å². The lowest BCUT2D eigenvalue weighted by Gasteiger charge is -2.29. The quantitative estimate of drug-likeness (QED) is 0.689. The van der Waals surface area contributed by atoms with Gasteiger partial charge in [0.05, 0.1) is 0 Å². The molecule has 1 saturated carbocycles. The Bertz CT molecular complexity index is 323. The highest BCUT2D eigenvalue weighted by molar-refractivity contribution is 5.52. The summed E-state index contributed by atoms with van der Waals surface area (Å²) in [6, 6.07) is 6.28. The predicted octanol–water partition coefficient (Wildman–Crippen LogP) is 3.87. The Hall–Kier alpha value is -0.980. The number of benzene rings is 1. The molecular weight excluding hydrogens is 182 g/mol. The Labute approximate surface area is 92.7 Å². The molecule has 2 rings (SSSR count). The van der Waals surface area contributed by atoms with Crippen molar-refractivity contribution in [3.63, 3.8) is 0 Å². The number of hydrogen-bond acceptors (Lipinski definition) is 1. The number of aryl methyl sites for hydroxylation is 1. The highest BCUT2D eigenvalue weighted by atomic mass is 14.6. The topological polar surface area (TPSA) is 26.0 Å². The van der Waals surface area contributed by atoms with E-state index in [0.717, 1.165) is 11.6 Å². The van der Waals surface area contributed by atoms with Crippen LogP contribution in [0.15, 0.2) is 18.2 Å². The molecule has 0 radical (unpaired) electrons. The molecule has 0 unspecified atom stereocenters. The minimum atomic E-state index is 0.704. The molecule has 0 heterocycles. The third kappa shape index (κ3) is 2.17. The smallest absolute Gasteiger partial charge is 0.0352 e. The Kier molecular flexibility index (Phi) is 2.99. The maximum atomic E-state index is 6.10.